The summed E-state index contributed by atoms with van der Waals surface area (Å²) in [7, 11) is 3.35. The van der Waals surface area contributed by atoms with E-state index in [2.05, 4.69) is 17.0 Å². The molecule has 0 aliphatic carbocycles. The number of likely N-dealkylation sites (tertiary alicyclic amines) is 1. The Morgan fingerprint density at radius 2 is 2.00 bits per heavy atom. The average molecular weight is 315 g/mol. The third-order valence-electron chi connectivity index (χ3n) is 4.03. The summed E-state index contributed by atoms with van der Waals surface area (Å²) < 4.78 is 10.6. The highest BCUT2D eigenvalue weighted by Gasteiger charge is 2.19. The zero-order valence-corrected chi connectivity index (χ0v) is 13.8. The molecule has 1 unspecified atom stereocenters. The molecule has 0 radical (unpaired) electrons. The average Bonchev–Trinajstić information content (AvgIpc) is 2.48. The van der Waals surface area contributed by atoms with Crippen molar-refractivity contribution in [2.24, 2.45) is 11.7 Å². The van der Waals surface area contributed by atoms with E-state index in [0.717, 1.165) is 43.5 Å². The lowest BCUT2D eigenvalue weighted by molar-refractivity contribution is 0.163. The van der Waals surface area contributed by atoms with Gasteiger partial charge in [0.1, 0.15) is 0 Å². The molecule has 0 spiro atoms. The SMILES string of the molecule is COc1ccc(CN2CCCC(CCN)C2)cc1OC.Cl. The molecular formula is C16H27ClN2O2. The van der Waals surface area contributed by atoms with E-state index >= 15 is 0 Å². The van der Waals surface area contributed by atoms with E-state index in [1.807, 2.05) is 6.07 Å². The smallest absolute Gasteiger partial charge is 0.161 e. The maximum atomic E-state index is 5.68. The van der Waals surface area contributed by atoms with Crippen LogP contribution in [0, 0.1) is 5.92 Å². The van der Waals surface area contributed by atoms with Crippen LogP contribution in [0.4, 0.5) is 0 Å². The third kappa shape index (κ3) is 5.06. The van der Waals surface area contributed by atoms with Gasteiger partial charge in [-0.15, -0.1) is 12.4 Å². The molecule has 1 fully saturated rings. The number of nitrogens with two attached hydrogens (primary N) is 1. The first-order chi connectivity index (χ1) is 9.76. The van der Waals surface area contributed by atoms with Crippen molar-refractivity contribution < 1.29 is 9.47 Å². The highest BCUT2D eigenvalue weighted by atomic mass is 35.5. The molecule has 0 aromatic heterocycles. The van der Waals surface area contributed by atoms with E-state index in [1.165, 1.54) is 24.9 Å². The van der Waals surface area contributed by atoms with Gasteiger partial charge in [-0.1, -0.05) is 6.07 Å². The van der Waals surface area contributed by atoms with Gasteiger partial charge in [0.15, 0.2) is 11.5 Å². The number of rotatable bonds is 6. The monoisotopic (exact) mass is 314 g/mol. The first-order valence-corrected chi connectivity index (χ1v) is 7.40. The number of nitrogens with zero attached hydrogens (tertiary/aromatic N) is 1. The van der Waals surface area contributed by atoms with Crippen molar-refractivity contribution in [1.29, 1.82) is 0 Å². The van der Waals surface area contributed by atoms with E-state index in [-0.39, 0.29) is 12.4 Å². The summed E-state index contributed by atoms with van der Waals surface area (Å²) in [5.74, 6) is 2.35. The Balaban J connectivity index is 0.00000220. The minimum Gasteiger partial charge on any atom is -0.493 e. The van der Waals surface area contributed by atoms with Gasteiger partial charge in [-0.25, -0.2) is 0 Å². The lowest BCUT2D eigenvalue weighted by atomic mass is 9.94. The van der Waals surface area contributed by atoms with Gasteiger partial charge in [-0.05, 0) is 56.0 Å². The fourth-order valence-electron chi connectivity index (χ4n) is 3.00. The second-order valence-corrected chi connectivity index (χ2v) is 5.51. The standard InChI is InChI=1S/C16H26N2O2.ClH/c1-19-15-6-5-14(10-16(15)20-2)12-18-9-3-4-13(11-18)7-8-17;/h5-6,10,13H,3-4,7-9,11-12,17H2,1-2H3;1H. The molecule has 1 aliphatic heterocycles. The summed E-state index contributed by atoms with van der Waals surface area (Å²) in [6, 6.07) is 6.18. The molecule has 0 amide bonds. The quantitative estimate of drug-likeness (QED) is 0.877. The van der Waals surface area contributed by atoms with Gasteiger partial charge in [0.05, 0.1) is 14.2 Å². The van der Waals surface area contributed by atoms with Crippen LogP contribution in [0.2, 0.25) is 0 Å². The molecule has 1 aromatic carbocycles. The van der Waals surface area contributed by atoms with Gasteiger partial charge < -0.3 is 15.2 Å². The predicted molar refractivity (Wildman–Crippen MR) is 88.5 cm³/mol. The van der Waals surface area contributed by atoms with E-state index in [9.17, 15) is 0 Å². The van der Waals surface area contributed by atoms with Crippen molar-refractivity contribution in [2.75, 3.05) is 33.9 Å². The number of methoxy groups -OCH3 is 2. The van der Waals surface area contributed by atoms with Crippen molar-refractivity contribution in [3.05, 3.63) is 23.8 Å². The van der Waals surface area contributed by atoms with Crippen LogP contribution in [0.5, 0.6) is 11.5 Å². The Morgan fingerprint density at radius 1 is 1.24 bits per heavy atom. The summed E-state index contributed by atoms with van der Waals surface area (Å²) in [6.45, 7) is 4.11. The van der Waals surface area contributed by atoms with Crippen LogP contribution >= 0.6 is 12.4 Å². The minimum atomic E-state index is 0. The normalized spacial score (nSPS) is 18.9. The van der Waals surface area contributed by atoms with Crippen LogP contribution in [0.25, 0.3) is 0 Å². The molecule has 4 nitrogen and oxygen atoms in total. The highest BCUT2D eigenvalue weighted by Crippen LogP contribution is 2.29. The first-order valence-electron chi connectivity index (χ1n) is 7.40. The third-order valence-corrected chi connectivity index (χ3v) is 4.03. The molecule has 1 atom stereocenters. The molecule has 5 heteroatoms. The Bertz CT molecular complexity index is 427. The van der Waals surface area contributed by atoms with Crippen molar-refractivity contribution >= 4 is 12.4 Å². The van der Waals surface area contributed by atoms with Crippen LogP contribution in [-0.4, -0.2) is 38.8 Å². The van der Waals surface area contributed by atoms with Crippen molar-refractivity contribution in [3.63, 3.8) is 0 Å². The zero-order chi connectivity index (χ0) is 14.4. The minimum absolute atomic E-state index is 0. The fourth-order valence-corrected chi connectivity index (χ4v) is 3.00. The van der Waals surface area contributed by atoms with Crippen molar-refractivity contribution in [1.82, 2.24) is 4.90 Å². The lowest BCUT2D eigenvalue weighted by Crippen LogP contribution is -2.35. The summed E-state index contributed by atoms with van der Waals surface area (Å²) in [5, 5.41) is 0. The fraction of sp³-hybridized carbons (Fsp3) is 0.625. The first kappa shape index (κ1) is 18.1. The second kappa shape index (κ2) is 9.13. The van der Waals surface area contributed by atoms with Gasteiger partial charge in [-0.2, -0.15) is 0 Å². The zero-order valence-electron chi connectivity index (χ0n) is 13.0. The molecule has 1 aliphatic rings. The van der Waals surface area contributed by atoms with E-state index in [4.69, 9.17) is 15.2 Å². The molecule has 120 valence electrons. The number of halogens is 1. The number of ether oxygens (including phenoxy) is 2. The molecule has 0 saturated carbocycles. The number of benzene rings is 1. The van der Waals surface area contributed by atoms with Crippen LogP contribution < -0.4 is 15.2 Å². The van der Waals surface area contributed by atoms with Gasteiger partial charge in [0.2, 0.25) is 0 Å². The van der Waals surface area contributed by atoms with Crippen LogP contribution in [0.15, 0.2) is 18.2 Å². The summed E-state index contributed by atoms with van der Waals surface area (Å²) in [4.78, 5) is 2.52. The van der Waals surface area contributed by atoms with E-state index < -0.39 is 0 Å². The molecule has 2 N–H and O–H groups in total. The largest absolute Gasteiger partial charge is 0.493 e. The Hall–Kier alpha value is -0.970. The topological polar surface area (TPSA) is 47.7 Å². The molecular weight excluding hydrogens is 288 g/mol. The van der Waals surface area contributed by atoms with Gasteiger partial charge in [-0.3, -0.25) is 4.90 Å². The Kier molecular flexibility index (Phi) is 7.86. The maximum absolute atomic E-state index is 5.68. The molecule has 21 heavy (non-hydrogen) atoms. The van der Waals surface area contributed by atoms with E-state index in [0.29, 0.717) is 0 Å². The molecule has 1 aromatic rings. The number of piperidine rings is 1. The van der Waals surface area contributed by atoms with Crippen molar-refractivity contribution in [2.45, 2.75) is 25.8 Å². The number of hydrogen-bond donors (Lipinski definition) is 1. The number of hydrogen-bond acceptors (Lipinski definition) is 4. The summed E-state index contributed by atoms with van der Waals surface area (Å²) in [5.41, 5.74) is 6.95. The molecule has 1 heterocycles. The Morgan fingerprint density at radius 3 is 2.67 bits per heavy atom. The lowest BCUT2D eigenvalue weighted by Gasteiger charge is -2.32. The second-order valence-electron chi connectivity index (χ2n) is 5.51. The van der Waals surface area contributed by atoms with Crippen LogP contribution in [0.1, 0.15) is 24.8 Å². The predicted octanol–water partition coefficient (Wildman–Crippen LogP) is 2.69. The van der Waals surface area contributed by atoms with Crippen molar-refractivity contribution in [3.8, 4) is 11.5 Å². The van der Waals surface area contributed by atoms with Gasteiger partial charge in [0, 0.05) is 13.1 Å². The molecule has 1 saturated heterocycles. The summed E-state index contributed by atoms with van der Waals surface area (Å²) >= 11 is 0. The molecule has 0 bridgehead atoms. The highest BCUT2D eigenvalue weighted by molar-refractivity contribution is 5.85. The van der Waals surface area contributed by atoms with Gasteiger partial charge in [0.25, 0.3) is 0 Å². The van der Waals surface area contributed by atoms with Crippen LogP contribution in [0.3, 0.4) is 0 Å². The van der Waals surface area contributed by atoms with Crippen LogP contribution in [-0.2, 0) is 6.54 Å². The molecule has 2 rings (SSSR count). The maximum Gasteiger partial charge on any atom is 0.161 e. The van der Waals surface area contributed by atoms with E-state index in [1.54, 1.807) is 14.2 Å². The summed E-state index contributed by atoms with van der Waals surface area (Å²) in [6.07, 6.45) is 3.74. The van der Waals surface area contributed by atoms with Gasteiger partial charge >= 0.3 is 0 Å². The Labute approximate surface area is 134 Å².